The summed E-state index contributed by atoms with van der Waals surface area (Å²) in [4.78, 5) is 17.7. The molecule has 2 rings (SSSR count). The Morgan fingerprint density at radius 3 is 2.80 bits per heavy atom. The van der Waals surface area contributed by atoms with E-state index in [4.69, 9.17) is 16.3 Å². The van der Waals surface area contributed by atoms with Crippen LogP contribution in [0.15, 0.2) is 24.5 Å². The number of hydrogen-bond donors (Lipinski definition) is 1. The van der Waals surface area contributed by atoms with E-state index >= 15 is 0 Å². The average molecular weight is 299 g/mol. The van der Waals surface area contributed by atoms with Crippen molar-refractivity contribution in [2.45, 2.75) is 0 Å². The molecule has 1 N–H and O–H groups in total. The van der Waals surface area contributed by atoms with Crippen molar-refractivity contribution in [3.8, 4) is 11.6 Å². The zero-order valence-electron chi connectivity index (χ0n) is 10.1. The molecule has 1 aromatic carbocycles. The molecule has 0 spiro atoms. The molecule has 20 heavy (non-hydrogen) atoms. The van der Waals surface area contributed by atoms with Crippen LogP contribution in [-0.4, -0.2) is 21.9 Å². The van der Waals surface area contributed by atoms with Crippen molar-refractivity contribution >= 4 is 23.1 Å². The number of benzene rings is 1. The van der Waals surface area contributed by atoms with Crippen molar-refractivity contribution in [3.63, 3.8) is 0 Å². The van der Waals surface area contributed by atoms with Crippen LogP contribution in [0.2, 0.25) is 5.02 Å². The topological polar surface area (TPSA) is 90.2 Å². The molecule has 0 saturated heterocycles. The summed E-state index contributed by atoms with van der Waals surface area (Å²) in [6, 6.07) is 3.65. The third kappa shape index (κ3) is 2.75. The van der Waals surface area contributed by atoms with Gasteiger partial charge < -0.3 is 10.1 Å². The monoisotopic (exact) mass is 298 g/mol. The smallest absolute Gasteiger partial charge is 0.373 e. The van der Waals surface area contributed by atoms with Gasteiger partial charge in [0.25, 0.3) is 0 Å². The molecular formula is C11H8ClFN4O3. The van der Waals surface area contributed by atoms with Crippen LogP contribution in [0.3, 0.4) is 0 Å². The van der Waals surface area contributed by atoms with Crippen molar-refractivity contribution in [2.24, 2.45) is 0 Å². The quantitative estimate of drug-likeness (QED) is 0.689. The Hall–Kier alpha value is -2.48. The molecule has 0 aliphatic heterocycles. The SMILES string of the molecule is CNc1ncnc(Oc2ccc(Cl)c(F)c2)c1[N+](=O)[O-]. The third-order valence-electron chi connectivity index (χ3n) is 2.31. The predicted octanol–water partition coefficient (Wildman–Crippen LogP) is 3.01. The number of rotatable bonds is 4. The minimum absolute atomic E-state index is 0.00515. The van der Waals surface area contributed by atoms with Gasteiger partial charge in [0.1, 0.15) is 17.9 Å². The van der Waals surface area contributed by atoms with E-state index in [-0.39, 0.29) is 22.5 Å². The molecule has 2 aromatic rings. The molecular weight excluding hydrogens is 291 g/mol. The number of nitro groups is 1. The van der Waals surface area contributed by atoms with Gasteiger partial charge in [0.05, 0.1) is 9.95 Å². The second-order valence-corrected chi connectivity index (χ2v) is 3.97. The lowest BCUT2D eigenvalue weighted by Crippen LogP contribution is -2.03. The van der Waals surface area contributed by atoms with Crippen molar-refractivity contribution in [1.29, 1.82) is 0 Å². The zero-order chi connectivity index (χ0) is 14.7. The molecule has 1 heterocycles. The van der Waals surface area contributed by atoms with Gasteiger partial charge in [-0.25, -0.2) is 9.37 Å². The van der Waals surface area contributed by atoms with Crippen LogP contribution in [0.1, 0.15) is 0 Å². The van der Waals surface area contributed by atoms with Crippen LogP contribution in [0.4, 0.5) is 15.9 Å². The highest BCUT2D eigenvalue weighted by molar-refractivity contribution is 6.30. The number of nitrogens with zero attached hydrogens (tertiary/aromatic N) is 3. The number of anilines is 1. The van der Waals surface area contributed by atoms with E-state index in [9.17, 15) is 14.5 Å². The highest BCUT2D eigenvalue weighted by Gasteiger charge is 2.24. The van der Waals surface area contributed by atoms with Crippen LogP contribution in [-0.2, 0) is 0 Å². The van der Waals surface area contributed by atoms with Crippen LogP contribution >= 0.6 is 11.6 Å². The maximum Gasteiger partial charge on any atom is 0.373 e. The van der Waals surface area contributed by atoms with Gasteiger partial charge in [-0.2, -0.15) is 4.98 Å². The van der Waals surface area contributed by atoms with Gasteiger partial charge in [0.2, 0.25) is 5.82 Å². The summed E-state index contributed by atoms with van der Waals surface area (Å²) >= 11 is 5.54. The fourth-order valence-electron chi connectivity index (χ4n) is 1.44. The second-order valence-electron chi connectivity index (χ2n) is 3.56. The van der Waals surface area contributed by atoms with Crippen LogP contribution in [0.5, 0.6) is 11.6 Å². The predicted molar refractivity (Wildman–Crippen MR) is 69.7 cm³/mol. The molecule has 7 nitrogen and oxygen atoms in total. The van der Waals surface area contributed by atoms with Gasteiger partial charge in [-0.15, -0.1) is 0 Å². The molecule has 1 aromatic heterocycles. The molecule has 0 atom stereocenters. The summed E-state index contributed by atoms with van der Waals surface area (Å²) in [6.45, 7) is 0. The Morgan fingerprint density at radius 1 is 1.45 bits per heavy atom. The van der Waals surface area contributed by atoms with Gasteiger partial charge >= 0.3 is 11.6 Å². The molecule has 0 unspecified atom stereocenters. The molecule has 0 fully saturated rings. The van der Waals surface area contributed by atoms with Gasteiger partial charge in [0.15, 0.2) is 0 Å². The lowest BCUT2D eigenvalue weighted by atomic mass is 10.3. The normalized spacial score (nSPS) is 10.2. The third-order valence-corrected chi connectivity index (χ3v) is 2.62. The molecule has 0 bridgehead atoms. The largest absolute Gasteiger partial charge is 0.433 e. The molecule has 9 heteroatoms. The molecule has 0 radical (unpaired) electrons. The van der Waals surface area contributed by atoms with Crippen LogP contribution < -0.4 is 10.1 Å². The minimum atomic E-state index is -0.699. The standard InChI is InChI=1S/C11H8ClFN4O3/c1-14-10-9(17(18)19)11(16-5-15-10)20-6-2-3-7(12)8(13)4-6/h2-5H,1H3,(H,14,15,16). The summed E-state index contributed by atoms with van der Waals surface area (Å²) in [5.74, 6) is -0.962. The first-order chi connectivity index (χ1) is 9.52. The van der Waals surface area contributed by atoms with Crippen LogP contribution in [0, 0.1) is 15.9 Å². The summed E-state index contributed by atoms with van der Waals surface area (Å²) < 4.78 is 18.5. The summed E-state index contributed by atoms with van der Waals surface area (Å²) in [6.07, 6.45) is 1.10. The lowest BCUT2D eigenvalue weighted by molar-refractivity contribution is -0.385. The van der Waals surface area contributed by atoms with E-state index in [1.54, 1.807) is 0 Å². The van der Waals surface area contributed by atoms with E-state index in [0.29, 0.717) is 0 Å². The fraction of sp³-hybridized carbons (Fsp3) is 0.0909. The number of halogens is 2. The van der Waals surface area contributed by atoms with Gasteiger partial charge in [0, 0.05) is 13.1 Å². The van der Waals surface area contributed by atoms with E-state index in [1.807, 2.05) is 0 Å². The summed E-state index contributed by atoms with van der Waals surface area (Å²) in [5.41, 5.74) is -0.439. The number of aromatic nitrogens is 2. The first-order valence-corrected chi connectivity index (χ1v) is 5.70. The highest BCUT2D eigenvalue weighted by Crippen LogP contribution is 2.34. The molecule has 0 saturated carbocycles. The summed E-state index contributed by atoms with van der Waals surface area (Å²) in [7, 11) is 1.47. The Morgan fingerprint density at radius 2 is 2.20 bits per heavy atom. The van der Waals surface area contributed by atoms with Crippen molar-refractivity contribution < 1.29 is 14.1 Å². The molecule has 0 aliphatic rings. The average Bonchev–Trinajstić information content (AvgIpc) is 2.42. The maximum absolute atomic E-state index is 13.3. The number of nitrogens with one attached hydrogen (secondary N) is 1. The Labute approximate surface area is 117 Å². The van der Waals surface area contributed by atoms with Crippen molar-refractivity contribution in [3.05, 3.63) is 45.5 Å². The highest BCUT2D eigenvalue weighted by atomic mass is 35.5. The Bertz CT molecular complexity index is 668. The first kappa shape index (κ1) is 13.9. The number of ether oxygens (including phenoxy) is 1. The van der Waals surface area contributed by atoms with E-state index in [1.165, 1.54) is 19.2 Å². The molecule has 104 valence electrons. The summed E-state index contributed by atoms with van der Waals surface area (Å²) in [5, 5.41) is 13.5. The van der Waals surface area contributed by atoms with E-state index in [0.717, 1.165) is 12.4 Å². The second kappa shape index (κ2) is 5.66. The van der Waals surface area contributed by atoms with Gasteiger partial charge in [-0.3, -0.25) is 10.1 Å². The molecule has 0 amide bonds. The lowest BCUT2D eigenvalue weighted by Gasteiger charge is -2.07. The van der Waals surface area contributed by atoms with E-state index < -0.39 is 16.4 Å². The minimum Gasteiger partial charge on any atom is -0.433 e. The Kier molecular flexibility index (Phi) is 3.94. The zero-order valence-corrected chi connectivity index (χ0v) is 10.9. The van der Waals surface area contributed by atoms with Crippen molar-refractivity contribution in [2.75, 3.05) is 12.4 Å². The first-order valence-electron chi connectivity index (χ1n) is 5.33. The van der Waals surface area contributed by atoms with Crippen molar-refractivity contribution in [1.82, 2.24) is 9.97 Å². The Balaban J connectivity index is 2.42. The van der Waals surface area contributed by atoms with Crippen LogP contribution in [0.25, 0.3) is 0 Å². The fourth-order valence-corrected chi connectivity index (χ4v) is 1.55. The van der Waals surface area contributed by atoms with E-state index in [2.05, 4.69) is 15.3 Å². The number of hydrogen-bond acceptors (Lipinski definition) is 6. The molecule has 0 aliphatic carbocycles. The maximum atomic E-state index is 13.3. The van der Waals surface area contributed by atoms with Gasteiger partial charge in [-0.05, 0) is 12.1 Å². The van der Waals surface area contributed by atoms with Gasteiger partial charge in [-0.1, -0.05) is 11.6 Å².